The molecule has 0 fully saturated rings. The Labute approximate surface area is 97.8 Å². The third kappa shape index (κ3) is 2.44. The molecule has 2 aromatic carbocycles. The van der Waals surface area contributed by atoms with Crippen LogP contribution in [0.1, 0.15) is 0 Å². The summed E-state index contributed by atoms with van der Waals surface area (Å²) < 4.78 is 12.8. The number of hydrogen-bond donors (Lipinski definition) is 2. The molecule has 2 nitrogen and oxygen atoms in total. The van der Waals surface area contributed by atoms with Gasteiger partial charge in [0.2, 0.25) is 0 Å². The molecule has 3 N–H and O–H groups in total. The summed E-state index contributed by atoms with van der Waals surface area (Å²) in [5.41, 5.74) is 7.50. The smallest absolute Gasteiger partial charge is 0.125 e. The molecule has 0 bridgehead atoms. The van der Waals surface area contributed by atoms with Crippen molar-refractivity contribution in [2.75, 3.05) is 11.1 Å². The van der Waals surface area contributed by atoms with Gasteiger partial charge in [-0.2, -0.15) is 0 Å². The number of hydrogen-bond acceptors (Lipinski definition) is 2. The van der Waals surface area contributed by atoms with E-state index in [4.69, 9.17) is 17.3 Å². The third-order valence-corrected chi connectivity index (χ3v) is 2.35. The summed E-state index contributed by atoms with van der Waals surface area (Å²) in [7, 11) is 0. The van der Waals surface area contributed by atoms with Crippen molar-refractivity contribution in [1.29, 1.82) is 0 Å². The second-order valence-electron chi connectivity index (χ2n) is 3.37. The molecule has 16 heavy (non-hydrogen) atoms. The number of rotatable bonds is 2. The van der Waals surface area contributed by atoms with E-state index in [-0.39, 0.29) is 5.82 Å². The van der Waals surface area contributed by atoms with E-state index in [1.165, 1.54) is 12.1 Å². The third-order valence-electron chi connectivity index (χ3n) is 2.12. The lowest BCUT2D eigenvalue weighted by Crippen LogP contribution is -1.96. The fourth-order valence-corrected chi connectivity index (χ4v) is 1.56. The lowest BCUT2D eigenvalue weighted by atomic mass is 10.2. The minimum atomic E-state index is -0.353. The summed E-state index contributed by atoms with van der Waals surface area (Å²) in [6.45, 7) is 0. The van der Waals surface area contributed by atoms with Crippen molar-refractivity contribution in [2.24, 2.45) is 0 Å². The SMILES string of the molecule is Nc1cc(F)ccc1Nc1cccc(Cl)c1. The van der Waals surface area contributed by atoms with E-state index in [0.29, 0.717) is 16.4 Å². The highest BCUT2D eigenvalue weighted by Gasteiger charge is 2.01. The van der Waals surface area contributed by atoms with Gasteiger partial charge in [0.15, 0.2) is 0 Å². The maximum absolute atomic E-state index is 12.8. The van der Waals surface area contributed by atoms with Crippen LogP contribution in [0, 0.1) is 5.82 Å². The van der Waals surface area contributed by atoms with Gasteiger partial charge in [0.05, 0.1) is 11.4 Å². The fraction of sp³-hybridized carbons (Fsp3) is 0. The molecule has 0 spiro atoms. The van der Waals surface area contributed by atoms with Gasteiger partial charge in [-0.05, 0) is 36.4 Å². The molecule has 2 rings (SSSR count). The second-order valence-corrected chi connectivity index (χ2v) is 3.80. The van der Waals surface area contributed by atoms with Crippen LogP contribution in [0.3, 0.4) is 0 Å². The highest BCUT2D eigenvalue weighted by molar-refractivity contribution is 6.30. The molecule has 0 aliphatic heterocycles. The monoisotopic (exact) mass is 236 g/mol. The van der Waals surface area contributed by atoms with Gasteiger partial charge in [0, 0.05) is 10.7 Å². The zero-order valence-electron chi connectivity index (χ0n) is 8.37. The maximum Gasteiger partial charge on any atom is 0.125 e. The van der Waals surface area contributed by atoms with E-state index in [2.05, 4.69) is 5.32 Å². The number of nitrogens with one attached hydrogen (secondary N) is 1. The Kier molecular flexibility index (Phi) is 2.97. The van der Waals surface area contributed by atoms with Gasteiger partial charge >= 0.3 is 0 Å². The highest BCUT2D eigenvalue weighted by atomic mass is 35.5. The zero-order chi connectivity index (χ0) is 11.5. The Morgan fingerprint density at radius 3 is 2.62 bits per heavy atom. The molecular weight excluding hydrogens is 227 g/mol. The van der Waals surface area contributed by atoms with Crippen molar-refractivity contribution in [2.45, 2.75) is 0 Å². The molecule has 0 heterocycles. The molecule has 0 unspecified atom stereocenters. The first kappa shape index (κ1) is 10.8. The molecule has 0 radical (unpaired) electrons. The molecule has 4 heteroatoms. The normalized spacial score (nSPS) is 10.1. The van der Waals surface area contributed by atoms with Crippen molar-refractivity contribution >= 4 is 28.7 Å². The molecule has 82 valence electrons. The summed E-state index contributed by atoms with van der Waals surface area (Å²) in [6, 6.07) is 11.4. The quantitative estimate of drug-likeness (QED) is 0.779. The molecule has 0 atom stereocenters. The van der Waals surface area contributed by atoms with Crippen molar-refractivity contribution in [3.05, 3.63) is 53.3 Å². The van der Waals surface area contributed by atoms with Crippen LogP contribution < -0.4 is 11.1 Å². The second kappa shape index (κ2) is 4.41. The van der Waals surface area contributed by atoms with Crippen LogP contribution in [0.2, 0.25) is 5.02 Å². The largest absolute Gasteiger partial charge is 0.397 e. The predicted molar refractivity (Wildman–Crippen MR) is 65.5 cm³/mol. The Bertz CT molecular complexity index is 514. The van der Waals surface area contributed by atoms with E-state index in [1.54, 1.807) is 18.2 Å². The minimum absolute atomic E-state index is 0.353. The lowest BCUT2D eigenvalue weighted by molar-refractivity contribution is 0.628. The van der Waals surface area contributed by atoms with Gasteiger partial charge < -0.3 is 11.1 Å². The standard InChI is InChI=1S/C12H10ClFN2/c13-8-2-1-3-10(6-8)16-12-5-4-9(14)7-11(12)15/h1-7,16H,15H2. The molecule has 0 aliphatic carbocycles. The Morgan fingerprint density at radius 1 is 1.12 bits per heavy atom. The first-order valence-electron chi connectivity index (χ1n) is 4.73. The summed E-state index contributed by atoms with van der Waals surface area (Å²) >= 11 is 5.84. The minimum Gasteiger partial charge on any atom is -0.397 e. The van der Waals surface area contributed by atoms with Crippen LogP contribution in [-0.2, 0) is 0 Å². The van der Waals surface area contributed by atoms with E-state index >= 15 is 0 Å². The highest BCUT2D eigenvalue weighted by Crippen LogP contribution is 2.25. The predicted octanol–water partition coefficient (Wildman–Crippen LogP) is 3.80. The van der Waals surface area contributed by atoms with Crippen LogP contribution in [0.5, 0.6) is 0 Å². The van der Waals surface area contributed by atoms with Crippen LogP contribution in [-0.4, -0.2) is 0 Å². The number of nitrogens with two attached hydrogens (primary N) is 1. The summed E-state index contributed by atoms with van der Waals surface area (Å²) in [5.74, 6) is -0.353. The van der Waals surface area contributed by atoms with Crippen molar-refractivity contribution in [3.8, 4) is 0 Å². The van der Waals surface area contributed by atoms with Crippen LogP contribution >= 0.6 is 11.6 Å². The van der Waals surface area contributed by atoms with Gasteiger partial charge in [-0.1, -0.05) is 17.7 Å². The van der Waals surface area contributed by atoms with E-state index in [1.807, 2.05) is 12.1 Å². The maximum atomic E-state index is 12.8. The van der Waals surface area contributed by atoms with Gasteiger partial charge in [0.25, 0.3) is 0 Å². The number of halogens is 2. The van der Waals surface area contributed by atoms with Gasteiger partial charge in [-0.15, -0.1) is 0 Å². The van der Waals surface area contributed by atoms with Crippen LogP contribution in [0.4, 0.5) is 21.5 Å². The molecule has 0 aliphatic rings. The first-order chi connectivity index (χ1) is 7.65. The van der Waals surface area contributed by atoms with Crippen LogP contribution in [0.25, 0.3) is 0 Å². The zero-order valence-corrected chi connectivity index (χ0v) is 9.13. The number of nitrogen functional groups attached to an aromatic ring is 1. The Balaban J connectivity index is 2.27. The molecular formula is C12H10ClFN2. The van der Waals surface area contributed by atoms with Gasteiger partial charge in [-0.3, -0.25) is 0 Å². The first-order valence-corrected chi connectivity index (χ1v) is 5.10. The van der Waals surface area contributed by atoms with Crippen molar-refractivity contribution in [3.63, 3.8) is 0 Å². The Morgan fingerprint density at radius 2 is 1.94 bits per heavy atom. The summed E-state index contributed by atoms with van der Waals surface area (Å²) in [5, 5.41) is 3.69. The number of benzene rings is 2. The topological polar surface area (TPSA) is 38.0 Å². The molecule has 2 aromatic rings. The molecule has 0 saturated heterocycles. The molecule has 0 saturated carbocycles. The summed E-state index contributed by atoms with van der Waals surface area (Å²) in [4.78, 5) is 0. The molecule has 0 aromatic heterocycles. The van der Waals surface area contributed by atoms with E-state index in [9.17, 15) is 4.39 Å². The van der Waals surface area contributed by atoms with E-state index in [0.717, 1.165) is 5.69 Å². The van der Waals surface area contributed by atoms with Crippen molar-refractivity contribution < 1.29 is 4.39 Å². The van der Waals surface area contributed by atoms with Gasteiger partial charge in [0.1, 0.15) is 5.82 Å². The average Bonchev–Trinajstić information content (AvgIpc) is 2.22. The summed E-state index contributed by atoms with van der Waals surface area (Å²) in [6.07, 6.45) is 0. The van der Waals surface area contributed by atoms with Crippen molar-refractivity contribution in [1.82, 2.24) is 0 Å². The van der Waals surface area contributed by atoms with Crippen LogP contribution in [0.15, 0.2) is 42.5 Å². The molecule has 0 amide bonds. The fourth-order valence-electron chi connectivity index (χ4n) is 1.37. The lowest BCUT2D eigenvalue weighted by Gasteiger charge is -2.09. The van der Waals surface area contributed by atoms with Gasteiger partial charge in [-0.25, -0.2) is 4.39 Å². The Hall–Kier alpha value is -1.74. The average molecular weight is 237 g/mol. The number of anilines is 3. The van der Waals surface area contributed by atoms with E-state index < -0.39 is 0 Å².